The average Bonchev–Trinajstić information content (AvgIpc) is 2.56. The van der Waals surface area contributed by atoms with Crippen molar-refractivity contribution in [1.82, 2.24) is 10.3 Å². The van der Waals surface area contributed by atoms with Crippen LogP contribution in [0.4, 0.5) is 0 Å². The van der Waals surface area contributed by atoms with Gasteiger partial charge >= 0.3 is 0 Å². The third-order valence-corrected chi connectivity index (χ3v) is 3.81. The van der Waals surface area contributed by atoms with E-state index < -0.39 is 0 Å². The maximum Gasteiger partial charge on any atom is 0.219 e. The van der Waals surface area contributed by atoms with Crippen molar-refractivity contribution in [3.63, 3.8) is 0 Å². The highest BCUT2D eigenvalue weighted by Gasteiger charge is 2.05. The highest BCUT2D eigenvalue weighted by Crippen LogP contribution is 2.29. The van der Waals surface area contributed by atoms with Gasteiger partial charge in [0, 0.05) is 25.2 Å². The summed E-state index contributed by atoms with van der Waals surface area (Å²) in [7, 11) is 0. The molecule has 0 saturated heterocycles. The van der Waals surface area contributed by atoms with Crippen molar-refractivity contribution >= 4 is 23.6 Å². The lowest BCUT2D eigenvalue weighted by atomic mass is 10.1. The molecule has 1 N–H and O–H groups in total. The predicted octanol–water partition coefficient (Wildman–Crippen LogP) is 5.02. The second kappa shape index (κ2) is 9.23. The zero-order valence-corrected chi connectivity index (χ0v) is 15.5. The summed E-state index contributed by atoms with van der Waals surface area (Å²) in [5.74, 6) is 1.02. The number of pyridine rings is 1. The van der Waals surface area contributed by atoms with Gasteiger partial charge in [-0.3, -0.25) is 4.79 Å². The Morgan fingerprint density at radius 3 is 2.76 bits per heavy atom. The fourth-order valence-corrected chi connectivity index (χ4v) is 2.60. The van der Waals surface area contributed by atoms with E-state index in [1.807, 2.05) is 43.3 Å². The van der Waals surface area contributed by atoms with Crippen LogP contribution < -0.4 is 10.1 Å². The second-order valence-corrected chi connectivity index (χ2v) is 6.30. The van der Waals surface area contributed by atoms with E-state index in [2.05, 4.69) is 17.2 Å². The Bertz CT molecular complexity index is 742. The van der Waals surface area contributed by atoms with Crippen LogP contribution in [0.15, 0.2) is 42.6 Å². The number of carbonyl (C=O) groups excluding carboxylic acids is 1. The molecule has 2 rings (SSSR count). The van der Waals surface area contributed by atoms with Crippen molar-refractivity contribution in [2.24, 2.45) is 0 Å². The van der Waals surface area contributed by atoms with Gasteiger partial charge in [-0.1, -0.05) is 43.2 Å². The first kappa shape index (κ1) is 19.0. The molecule has 0 aliphatic rings. The van der Waals surface area contributed by atoms with E-state index in [0.29, 0.717) is 16.7 Å². The Morgan fingerprint density at radius 2 is 2.16 bits per heavy atom. The van der Waals surface area contributed by atoms with Crippen LogP contribution in [-0.4, -0.2) is 16.9 Å². The third kappa shape index (κ3) is 6.24. The number of benzene rings is 1. The normalized spacial score (nSPS) is 12.2. The molecule has 0 radical (unpaired) electrons. The number of rotatable bonds is 7. The topological polar surface area (TPSA) is 51.2 Å². The number of hydrogen-bond donors (Lipinski definition) is 1. The Labute approximate surface area is 153 Å². The van der Waals surface area contributed by atoms with Gasteiger partial charge in [-0.25, -0.2) is 4.98 Å². The first-order valence-electron chi connectivity index (χ1n) is 8.35. The summed E-state index contributed by atoms with van der Waals surface area (Å²) in [5.41, 5.74) is 2.12. The SMILES string of the molecule is CCCc1ccc(Oc2ccc(/C=C/[C@H](C)NC(C)=O)cn2)c(Cl)c1. The molecule has 5 heteroatoms. The lowest BCUT2D eigenvalue weighted by molar-refractivity contribution is -0.119. The summed E-state index contributed by atoms with van der Waals surface area (Å²) >= 11 is 6.27. The first-order chi connectivity index (χ1) is 12.0. The van der Waals surface area contributed by atoms with Crippen molar-refractivity contribution in [2.75, 3.05) is 0 Å². The molecule has 0 aliphatic carbocycles. The van der Waals surface area contributed by atoms with Gasteiger partial charge in [-0.2, -0.15) is 0 Å². The molecule has 1 amide bonds. The molecule has 2 aromatic rings. The molecular weight excluding hydrogens is 336 g/mol. The molecule has 0 saturated carbocycles. The van der Waals surface area contributed by atoms with Gasteiger partial charge in [-0.05, 0) is 42.7 Å². The number of carbonyl (C=O) groups is 1. The van der Waals surface area contributed by atoms with Crippen molar-refractivity contribution in [2.45, 2.75) is 39.7 Å². The number of hydrogen-bond acceptors (Lipinski definition) is 3. The molecule has 1 aromatic heterocycles. The fraction of sp³-hybridized carbons (Fsp3) is 0.300. The lowest BCUT2D eigenvalue weighted by Gasteiger charge is -2.09. The third-order valence-electron chi connectivity index (χ3n) is 3.52. The van der Waals surface area contributed by atoms with Gasteiger partial charge in [0.1, 0.15) is 5.75 Å². The average molecular weight is 359 g/mol. The number of amides is 1. The van der Waals surface area contributed by atoms with E-state index in [4.69, 9.17) is 16.3 Å². The second-order valence-electron chi connectivity index (χ2n) is 5.89. The van der Waals surface area contributed by atoms with Crippen LogP contribution in [0.3, 0.4) is 0 Å². The van der Waals surface area contributed by atoms with Crippen LogP contribution in [0.1, 0.15) is 38.3 Å². The van der Waals surface area contributed by atoms with Crippen LogP contribution in [0.2, 0.25) is 5.02 Å². The van der Waals surface area contributed by atoms with Gasteiger partial charge in [0.05, 0.1) is 5.02 Å². The van der Waals surface area contributed by atoms with Crippen LogP contribution in [0, 0.1) is 0 Å². The van der Waals surface area contributed by atoms with E-state index in [1.54, 1.807) is 12.3 Å². The maximum absolute atomic E-state index is 11.0. The molecule has 1 aromatic carbocycles. The highest BCUT2D eigenvalue weighted by atomic mass is 35.5. The minimum Gasteiger partial charge on any atom is -0.437 e. The molecule has 25 heavy (non-hydrogen) atoms. The summed E-state index contributed by atoms with van der Waals surface area (Å²) in [4.78, 5) is 15.3. The van der Waals surface area contributed by atoms with Gasteiger partial charge in [0.25, 0.3) is 0 Å². The maximum atomic E-state index is 11.0. The standard InChI is InChI=1S/C20H23ClN2O2/c1-4-5-16-8-10-19(18(21)12-16)25-20-11-9-17(13-22-20)7-6-14(2)23-15(3)24/h6-14H,4-5H2,1-3H3,(H,23,24)/b7-6+/t14-/m0/s1. The van der Waals surface area contributed by atoms with E-state index >= 15 is 0 Å². The zero-order valence-electron chi connectivity index (χ0n) is 14.8. The predicted molar refractivity (Wildman–Crippen MR) is 102 cm³/mol. The number of aromatic nitrogens is 1. The summed E-state index contributed by atoms with van der Waals surface area (Å²) in [6.07, 6.45) is 7.60. The summed E-state index contributed by atoms with van der Waals surface area (Å²) in [5, 5.41) is 3.38. The van der Waals surface area contributed by atoms with Gasteiger partial charge in [-0.15, -0.1) is 0 Å². The van der Waals surface area contributed by atoms with E-state index in [1.165, 1.54) is 12.5 Å². The molecule has 0 aliphatic heterocycles. The largest absolute Gasteiger partial charge is 0.437 e. The van der Waals surface area contributed by atoms with Crippen LogP contribution in [0.25, 0.3) is 6.08 Å². The molecule has 0 unspecified atom stereocenters. The van der Waals surface area contributed by atoms with Crippen molar-refractivity contribution < 1.29 is 9.53 Å². The van der Waals surface area contributed by atoms with Crippen LogP contribution in [0.5, 0.6) is 11.6 Å². The van der Waals surface area contributed by atoms with Gasteiger partial charge in [0.15, 0.2) is 0 Å². The summed E-state index contributed by atoms with van der Waals surface area (Å²) in [6.45, 7) is 5.54. The van der Waals surface area contributed by atoms with Crippen molar-refractivity contribution in [3.8, 4) is 11.6 Å². The molecule has 132 valence electrons. The van der Waals surface area contributed by atoms with Crippen molar-refractivity contribution in [1.29, 1.82) is 0 Å². The molecule has 1 atom stereocenters. The molecule has 1 heterocycles. The zero-order chi connectivity index (χ0) is 18.2. The molecule has 0 bridgehead atoms. The fourth-order valence-electron chi connectivity index (χ4n) is 2.36. The number of ether oxygens (including phenoxy) is 1. The highest BCUT2D eigenvalue weighted by molar-refractivity contribution is 6.32. The quantitative estimate of drug-likeness (QED) is 0.756. The monoisotopic (exact) mass is 358 g/mol. The Hall–Kier alpha value is -2.33. The number of nitrogens with one attached hydrogen (secondary N) is 1. The van der Waals surface area contributed by atoms with Crippen LogP contribution >= 0.6 is 11.6 Å². The lowest BCUT2D eigenvalue weighted by Crippen LogP contribution is -2.28. The van der Waals surface area contributed by atoms with E-state index in [9.17, 15) is 4.79 Å². The minimum atomic E-state index is -0.0548. The molecule has 0 fully saturated rings. The summed E-state index contributed by atoms with van der Waals surface area (Å²) in [6, 6.07) is 9.48. The number of nitrogens with zero attached hydrogens (tertiary/aromatic N) is 1. The summed E-state index contributed by atoms with van der Waals surface area (Å²) < 4.78 is 5.75. The first-order valence-corrected chi connectivity index (χ1v) is 8.73. The Balaban J connectivity index is 2.00. The van der Waals surface area contributed by atoms with Gasteiger partial charge in [0.2, 0.25) is 11.8 Å². The Morgan fingerprint density at radius 1 is 1.36 bits per heavy atom. The van der Waals surface area contributed by atoms with Gasteiger partial charge < -0.3 is 10.1 Å². The Kier molecular flexibility index (Phi) is 7.02. The number of aryl methyl sites for hydroxylation is 1. The van der Waals surface area contributed by atoms with E-state index in [-0.39, 0.29) is 11.9 Å². The smallest absolute Gasteiger partial charge is 0.219 e. The molecule has 0 spiro atoms. The molecular formula is C20H23ClN2O2. The van der Waals surface area contributed by atoms with Crippen molar-refractivity contribution in [3.05, 3.63) is 58.8 Å². The van der Waals surface area contributed by atoms with E-state index in [0.717, 1.165) is 18.4 Å². The molecule has 4 nitrogen and oxygen atoms in total. The van der Waals surface area contributed by atoms with Crippen LogP contribution in [-0.2, 0) is 11.2 Å². The number of halogens is 1. The minimum absolute atomic E-state index is 0.0335.